The van der Waals surface area contributed by atoms with E-state index < -0.39 is 0 Å². The molecule has 4 aliphatic carbocycles. The van der Waals surface area contributed by atoms with Gasteiger partial charge in [-0.05, 0) is 81.4 Å². The molecule has 134 valence electrons. The Bertz CT molecular complexity index is 566. The second kappa shape index (κ2) is 5.45. The van der Waals surface area contributed by atoms with Crippen molar-refractivity contribution in [1.29, 1.82) is 0 Å². The Kier molecular flexibility index (Phi) is 3.76. The third-order valence-electron chi connectivity index (χ3n) is 8.87. The van der Waals surface area contributed by atoms with Gasteiger partial charge in [0.2, 0.25) is 0 Å². The van der Waals surface area contributed by atoms with E-state index in [2.05, 4.69) is 42.5 Å². The smallest absolute Gasteiger partial charge is 0.172 e. The van der Waals surface area contributed by atoms with Crippen LogP contribution in [0.25, 0.3) is 0 Å². The lowest BCUT2D eigenvalue weighted by molar-refractivity contribution is -0.294. The third-order valence-corrected chi connectivity index (χ3v) is 10.5. The van der Waals surface area contributed by atoms with Gasteiger partial charge in [-0.1, -0.05) is 32.8 Å². The molecule has 5 rings (SSSR count). The molecule has 2 nitrogen and oxygen atoms in total. The minimum atomic E-state index is -0.256. The van der Waals surface area contributed by atoms with Gasteiger partial charge in [0.1, 0.15) is 0 Å². The topological polar surface area (TPSA) is 18.5 Å². The lowest BCUT2D eigenvalue weighted by atomic mass is 9.44. The average Bonchev–Trinajstić information content (AvgIpc) is 3.14. The number of rotatable bonds is 0. The first-order valence-electron chi connectivity index (χ1n) is 10.1. The van der Waals surface area contributed by atoms with Crippen molar-refractivity contribution >= 4 is 22.6 Å². The summed E-state index contributed by atoms with van der Waals surface area (Å²) >= 11 is 2.62. The van der Waals surface area contributed by atoms with Gasteiger partial charge in [-0.2, -0.15) is 0 Å². The molecule has 6 atom stereocenters. The van der Waals surface area contributed by atoms with Gasteiger partial charge in [0, 0.05) is 17.8 Å². The van der Waals surface area contributed by atoms with Crippen molar-refractivity contribution in [2.45, 2.75) is 71.0 Å². The Morgan fingerprint density at radius 2 is 1.83 bits per heavy atom. The summed E-state index contributed by atoms with van der Waals surface area (Å²) in [6, 6.07) is 0. The van der Waals surface area contributed by atoms with Crippen LogP contribution < -0.4 is 0 Å². The summed E-state index contributed by atoms with van der Waals surface area (Å²) in [5.74, 6) is 2.67. The Morgan fingerprint density at radius 3 is 2.62 bits per heavy atom. The molecule has 1 heterocycles. The molecule has 0 bridgehead atoms. The molecule has 0 amide bonds. The number of hydrogen-bond acceptors (Lipinski definition) is 2. The lowest BCUT2D eigenvalue weighted by Crippen LogP contribution is -2.63. The van der Waals surface area contributed by atoms with Gasteiger partial charge in [-0.3, -0.25) is 0 Å². The van der Waals surface area contributed by atoms with Crippen molar-refractivity contribution in [2.75, 3.05) is 13.2 Å². The van der Waals surface area contributed by atoms with Crippen LogP contribution in [0.1, 0.15) is 65.2 Å². The molecular formula is C21H31IO2. The minimum absolute atomic E-state index is 0.256. The first-order chi connectivity index (χ1) is 11.5. The molecule has 1 saturated heterocycles. The summed E-state index contributed by atoms with van der Waals surface area (Å²) in [5, 5.41) is 0. The average molecular weight is 442 g/mol. The first-order valence-corrected chi connectivity index (χ1v) is 11.2. The van der Waals surface area contributed by atoms with Crippen LogP contribution in [0.4, 0.5) is 0 Å². The van der Waals surface area contributed by atoms with Crippen molar-refractivity contribution in [2.24, 2.45) is 34.5 Å². The number of hydrogen-bond donors (Lipinski definition) is 0. The lowest BCUT2D eigenvalue weighted by Gasteiger charge is -2.64. The summed E-state index contributed by atoms with van der Waals surface area (Å²) in [6.45, 7) is 6.77. The Hall–Kier alpha value is 0.390. The molecular weight excluding hydrogens is 411 g/mol. The highest BCUT2D eigenvalue weighted by Crippen LogP contribution is 2.70. The molecule has 24 heavy (non-hydrogen) atoms. The third kappa shape index (κ3) is 2.01. The maximum absolute atomic E-state index is 6.49. The van der Waals surface area contributed by atoms with Gasteiger partial charge in [0.05, 0.1) is 13.2 Å². The van der Waals surface area contributed by atoms with Gasteiger partial charge < -0.3 is 9.47 Å². The predicted molar refractivity (Wildman–Crippen MR) is 104 cm³/mol. The molecule has 3 saturated carbocycles. The maximum Gasteiger partial charge on any atom is 0.172 e. The largest absolute Gasteiger partial charge is 0.347 e. The zero-order valence-corrected chi connectivity index (χ0v) is 17.3. The van der Waals surface area contributed by atoms with E-state index in [-0.39, 0.29) is 5.79 Å². The fraction of sp³-hybridized carbons (Fsp3) is 0.905. The SMILES string of the molecule is C[C@]12CCCC[C@@H]1CC1(OCCO1)[C@@H]1[C@@H]2CC[C@]2(C)C(I)=CC[C@@H]12. The highest BCUT2D eigenvalue weighted by Gasteiger charge is 2.67. The van der Waals surface area contributed by atoms with E-state index in [1.54, 1.807) is 3.58 Å². The van der Waals surface area contributed by atoms with Crippen LogP contribution in [0.5, 0.6) is 0 Å². The van der Waals surface area contributed by atoms with Crippen molar-refractivity contribution in [1.82, 2.24) is 0 Å². The second-order valence-corrected chi connectivity index (χ2v) is 10.8. The van der Waals surface area contributed by atoms with Crippen molar-refractivity contribution < 1.29 is 9.47 Å². The Balaban J connectivity index is 1.59. The molecule has 5 aliphatic rings. The van der Waals surface area contributed by atoms with E-state index in [1.165, 1.54) is 44.9 Å². The van der Waals surface area contributed by atoms with Gasteiger partial charge in [-0.15, -0.1) is 0 Å². The zero-order valence-electron chi connectivity index (χ0n) is 15.2. The highest BCUT2D eigenvalue weighted by molar-refractivity contribution is 14.1. The van der Waals surface area contributed by atoms with Crippen LogP contribution in [0.3, 0.4) is 0 Å². The van der Waals surface area contributed by atoms with E-state index >= 15 is 0 Å². The van der Waals surface area contributed by atoms with Crippen LogP contribution in [0.2, 0.25) is 0 Å². The molecule has 0 aromatic carbocycles. The Morgan fingerprint density at radius 1 is 1.04 bits per heavy atom. The number of ether oxygens (including phenoxy) is 2. The van der Waals surface area contributed by atoms with E-state index in [0.29, 0.717) is 16.7 Å². The van der Waals surface area contributed by atoms with Crippen LogP contribution in [-0.4, -0.2) is 19.0 Å². The second-order valence-electron chi connectivity index (χ2n) is 9.64. The fourth-order valence-electron chi connectivity index (χ4n) is 7.53. The molecule has 4 fully saturated rings. The molecule has 0 aromatic heterocycles. The van der Waals surface area contributed by atoms with Gasteiger partial charge in [0.25, 0.3) is 0 Å². The van der Waals surface area contributed by atoms with Gasteiger partial charge in [-0.25, -0.2) is 0 Å². The summed E-state index contributed by atoms with van der Waals surface area (Å²) < 4.78 is 14.6. The normalized spacial score (nSPS) is 52.5. The monoisotopic (exact) mass is 442 g/mol. The number of halogens is 1. The fourth-order valence-corrected chi connectivity index (χ4v) is 8.45. The summed E-state index contributed by atoms with van der Waals surface area (Å²) in [5.41, 5.74) is 0.904. The van der Waals surface area contributed by atoms with Crippen molar-refractivity contribution in [3.05, 3.63) is 9.66 Å². The summed E-state index contributed by atoms with van der Waals surface area (Å²) in [6.07, 6.45) is 13.3. The van der Waals surface area contributed by atoms with Crippen LogP contribution in [0, 0.1) is 34.5 Å². The predicted octanol–water partition coefficient (Wildman–Crippen LogP) is 5.70. The highest BCUT2D eigenvalue weighted by atomic mass is 127. The minimum Gasteiger partial charge on any atom is -0.347 e. The van der Waals surface area contributed by atoms with Crippen LogP contribution in [0.15, 0.2) is 9.66 Å². The molecule has 0 radical (unpaired) electrons. The number of fused-ring (bicyclic) bond motifs is 6. The summed E-state index contributed by atoms with van der Waals surface area (Å²) in [7, 11) is 0. The van der Waals surface area contributed by atoms with Gasteiger partial charge >= 0.3 is 0 Å². The van der Waals surface area contributed by atoms with Crippen LogP contribution >= 0.6 is 22.6 Å². The van der Waals surface area contributed by atoms with E-state index in [1.807, 2.05) is 0 Å². The quantitative estimate of drug-likeness (QED) is 0.448. The molecule has 0 aromatic rings. The summed E-state index contributed by atoms with van der Waals surface area (Å²) in [4.78, 5) is 0. The van der Waals surface area contributed by atoms with Crippen molar-refractivity contribution in [3.8, 4) is 0 Å². The molecule has 3 heteroatoms. The van der Waals surface area contributed by atoms with E-state index in [4.69, 9.17) is 9.47 Å². The van der Waals surface area contributed by atoms with E-state index in [0.717, 1.165) is 37.4 Å². The van der Waals surface area contributed by atoms with E-state index in [9.17, 15) is 0 Å². The van der Waals surface area contributed by atoms with Crippen molar-refractivity contribution in [3.63, 3.8) is 0 Å². The molecule has 1 spiro atoms. The molecule has 0 N–H and O–H groups in total. The maximum atomic E-state index is 6.49. The standard InChI is InChI=1S/C21H31IO2/c1-19-9-4-3-5-14(19)13-21(23-11-12-24-21)18-15-6-7-17(22)20(15,2)10-8-16(18)19/h7,14-16,18H,3-6,8-13H2,1-2H3/t14-,15+,16+,18+,19+,20+/m1/s1. The van der Waals surface area contributed by atoms with Gasteiger partial charge in [0.15, 0.2) is 5.79 Å². The first kappa shape index (κ1) is 16.6. The number of allylic oxidation sites excluding steroid dienone is 2. The zero-order chi connectivity index (χ0) is 16.6. The Labute approximate surface area is 160 Å². The van der Waals surface area contributed by atoms with Crippen LogP contribution in [-0.2, 0) is 9.47 Å². The molecule has 0 unspecified atom stereocenters. The molecule has 1 aliphatic heterocycles.